The first-order valence-electron chi connectivity index (χ1n) is 8.30. The molecule has 0 unspecified atom stereocenters. The summed E-state index contributed by atoms with van der Waals surface area (Å²) in [7, 11) is 1.78. The van der Waals surface area contributed by atoms with E-state index in [9.17, 15) is 15.0 Å². The van der Waals surface area contributed by atoms with Gasteiger partial charge >= 0.3 is 5.97 Å². The van der Waals surface area contributed by atoms with Gasteiger partial charge in [0, 0.05) is 17.7 Å². The van der Waals surface area contributed by atoms with Crippen LogP contribution in [-0.2, 0) is 18.4 Å². The molecule has 0 aliphatic carbocycles. The summed E-state index contributed by atoms with van der Waals surface area (Å²) in [5.41, 5.74) is 3.60. The molecule has 0 saturated heterocycles. The molecule has 138 valence electrons. The molecule has 6 nitrogen and oxygen atoms in total. The first-order chi connectivity index (χ1) is 13.0. The number of fused-ring (bicyclic) bond motifs is 2. The Labute approximate surface area is 163 Å². The molecule has 0 saturated carbocycles. The third-order valence-electron chi connectivity index (χ3n) is 4.73. The molecule has 0 aliphatic heterocycles. The predicted molar refractivity (Wildman–Crippen MR) is 105 cm³/mol. The van der Waals surface area contributed by atoms with E-state index in [2.05, 4.69) is 10.3 Å². The first-order valence-corrected chi connectivity index (χ1v) is 9.55. The van der Waals surface area contributed by atoms with Crippen molar-refractivity contribution in [3.8, 4) is 0 Å². The molecular formula is C19H16ClN3O3S. The lowest BCUT2D eigenvalue weighted by atomic mass is 9.87. The lowest BCUT2D eigenvalue weighted by Crippen LogP contribution is -2.09. The number of rotatable bonds is 5. The fourth-order valence-electron chi connectivity index (χ4n) is 3.44. The van der Waals surface area contributed by atoms with E-state index in [-0.39, 0.29) is 13.0 Å². The van der Waals surface area contributed by atoms with Gasteiger partial charge in [-0.3, -0.25) is 4.79 Å². The van der Waals surface area contributed by atoms with Crippen molar-refractivity contribution in [1.29, 1.82) is 0 Å². The fraction of sp³-hybridized carbons (Fsp3) is 0.211. The Morgan fingerprint density at radius 3 is 2.89 bits per heavy atom. The van der Waals surface area contributed by atoms with Gasteiger partial charge in [0.1, 0.15) is 5.52 Å². The van der Waals surface area contributed by atoms with Crippen LogP contribution in [0.3, 0.4) is 0 Å². The Bertz CT molecular complexity index is 1170. The van der Waals surface area contributed by atoms with Crippen LogP contribution in [0.1, 0.15) is 29.0 Å². The van der Waals surface area contributed by atoms with Crippen LogP contribution in [0.15, 0.2) is 35.7 Å². The summed E-state index contributed by atoms with van der Waals surface area (Å²) in [5.74, 6) is -1.39. The van der Waals surface area contributed by atoms with Gasteiger partial charge in [-0.15, -0.1) is 16.4 Å². The minimum atomic E-state index is -0.925. The van der Waals surface area contributed by atoms with E-state index in [1.165, 1.54) is 0 Å². The maximum absolute atomic E-state index is 11.6. The molecule has 1 atom stereocenters. The molecule has 8 heteroatoms. The second-order valence-electron chi connectivity index (χ2n) is 6.38. The Kier molecular flexibility index (Phi) is 4.59. The largest absolute Gasteiger partial charge is 0.481 e. The number of aromatic nitrogens is 3. The van der Waals surface area contributed by atoms with Crippen LogP contribution >= 0.6 is 22.9 Å². The maximum Gasteiger partial charge on any atom is 0.304 e. The lowest BCUT2D eigenvalue weighted by molar-refractivity contribution is -0.137. The number of hydrogen-bond acceptors (Lipinski definition) is 5. The van der Waals surface area contributed by atoms with Crippen LogP contribution in [-0.4, -0.2) is 31.2 Å². The van der Waals surface area contributed by atoms with Crippen molar-refractivity contribution in [2.24, 2.45) is 7.05 Å². The molecule has 0 radical (unpaired) electrons. The van der Waals surface area contributed by atoms with Crippen LogP contribution < -0.4 is 0 Å². The summed E-state index contributed by atoms with van der Waals surface area (Å²) in [5, 5.41) is 30.7. The molecule has 0 bridgehead atoms. The highest BCUT2D eigenvalue weighted by atomic mass is 35.5. The second-order valence-corrected chi connectivity index (χ2v) is 7.67. The summed E-state index contributed by atoms with van der Waals surface area (Å²) >= 11 is 8.15. The molecule has 0 fully saturated rings. The second kappa shape index (κ2) is 6.92. The third-order valence-corrected chi connectivity index (χ3v) is 6.13. The van der Waals surface area contributed by atoms with Crippen molar-refractivity contribution >= 4 is 50.0 Å². The Morgan fingerprint density at radius 2 is 2.15 bits per heavy atom. The van der Waals surface area contributed by atoms with Gasteiger partial charge in [0.05, 0.1) is 23.6 Å². The molecule has 0 amide bonds. The van der Waals surface area contributed by atoms with E-state index in [0.29, 0.717) is 16.1 Å². The molecule has 2 aromatic heterocycles. The van der Waals surface area contributed by atoms with Gasteiger partial charge in [0.15, 0.2) is 0 Å². The number of carboxylic acid groups (broad SMARTS) is 1. The zero-order chi connectivity index (χ0) is 19.1. The number of carboxylic acids is 1. The molecule has 4 aromatic rings. The molecule has 4 rings (SSSR count). The summed E-state index contributed by atoms with van der Waals surface area (Å²) in [6.45, 7) is -0.110. The van der Waals surface area contributed by atoms with Crippen LogP contribution in [0.5, 0.6) is 0 Å². The van der Waals surface area contributed by atoms with Gasteiger partial charge in [-0.1, -0.05) is 28.9 Å². The maximum atomic E-state index is 11.6. The highest BCUT2D eigenvalue weighted by Crippen LogP contribution is 2.39. The minimum Gasteiger partial charge on any atom is -0.481 e. The lowest BCUT2D eigenvalue weighted by Gasteiger charge is -2.19. The molecule has 2 N–H and O–H groups in total. The van der Waals surface area contributed by atoms with E-state index in [1.807, 2.05) is 35.7 Å². The van der Waals surface area contributed by atoms with Crippen molar-refractivity contribution in [1.82, 2.24) is 15.0 Å². The number of thiophene rings is 1. The number of aliphatic hydroxyl groups is 1. The van der Waals surface area contributed by atoms with Crippen molar-refractivity contribution in [3.05, 3.63) is 57.4 Å². The molecular weight excluding hydrogens is 386 g/mol. The van der Waals surface area contributed by atoms with E-state index < -0.39 is 11.9 Å². The van der Waals surface area contributed by atoms with Crippen LogP contribution in [0, 0.1) is 0 Å². The first kappa shape index (κ1) is 17.9. The van der Waals surface area contributed by atoms with Gasteiger partial charge in [-0.05, 0) is 45.7 Å². The highest BCUT2D eigenvalue weighted by molar-refractivity contribution is 7.17. The fourth-order valence-corrected chi connectivity index (χ4v) is 4.66. The molecule has 27 heavy (non-hydrogen) atoms. The van der Waals surface area contributed by atoms with E-state index in [1.54, 1.807) is 23.1 Å². The topological polar surface area (TPSA) is 88.2 Å². The number of aliphatic carboxylic acids is 1. The van der Waals surface area contributed by atoms with Crippen molar-refractivity contribution in [2.45, 2.75) is 18.9 Å². The number of halogens is 1. The van der Waals surface area contributed by atoms with Gasteiger partial charge in [0.2, 0.25) is 0 Å². The zero-order valence-electron chi connectivity index (χ0n) is 14.4. The van der Waals surface area contributed by atoms with E-state index in [4.69, 9.17) is 11.6 Å². The van der Waals surface area contributed by atoms with E-state index >= 15 is 0 Å². The summed E-state index contributed by atoms with van der Waals surface area (Å²) in [6, 6.07) is 9.48. The Hall–Kier alpha value is -2.48. The quantitative estimate of drug-likeness (QED) is 0.529. The number of carbonyl (C=O) groups is 1. The smallest absolute Gasteiger partial charge is 0.304 e. The number of nitrogens with zero attached hydrogens (tertiary/aromatic N) is 3. The van der Waals surface area contributed by atoms with Gasteiger partial charge in [-0.2, -0.15) is 0 Å². The van der Waals surface area contributed by atoms with Crippen molar-refractivity contribution < 1.29 is 15.0 Å². The predicted octanol–water partition coefficient (Wildman–Crippen LogP) is 3.94. The summed E-state index contributed by atoms with van der Waals surface area (Å²) < 4.78 is 2.63. The summed E-state index contributed by atoms with van der Waals surface area (Å²) in [4.78, 5) is 11.6. The number of aryl methyl sites for hydroxylation is 1. The van der Waals surface area contributed by atoms with Gasteiger partial charge in [0.25, 0.3) is 0 Å². The average Bonchev–Trinajstić information content (AvgIpc) is 3.26. The van der Waals surface area contributed by atoms with Gasteiger partial charge in [-0.25, -0.2) is 4.68 Å². The molecule has 2 heterocycles. The molecule has 2 aromatic carbocycles. The van der Waals surface area contributed by atoms with Gasteiger partial charge < -0.3 is 10.2 Å². The standard InChI is InChI=1S/C19H16ClN3O3S/c1-23-15-3-2-13(17(20)18(15)21-22-23)14(8-16(25)26)11-6-10-4-5-27-19(10)12(7-11)9-24/h2-7,14,24H,8-9H2,1H3,(H,25,26)/t14-/m1/s1. The SMILES string of the molecule is Cn1nnc2c(Cl)c([C@H](CC(=O)O)c3cc(CO)c4sccc4c3)ccc21. The Morgan fingerprint density at radius 1 is 1.33 bits per heavy atom. The average molecular weight is 402 g/mol. The third kappa shape index (κ3) is 3.07. The zero-order valence-corrected chi connectivity index (χ0v) is 16.0. The monoisotopic (exact) mass is 401 g/mol. The number of hydrogen-bond donors (Lipinski definition) is 2. The van der Waals surface area contributed by atoms with Crippen LogP contribution in [0.2, 0.25) is 5.02 Å². The van der Waals surface area contributed by atoms with Crippen molar-refractivity contribution in [3.63, 3.8) is 0 Å². The van der Waals surface area contributed by atoms with Crippen LogP contribution in [0.25, 0.3) is 21.1 Å². The normalized spacial score (nSPS) is 12.7. The summed E-state index contributed by atoms with van der Waals surface area (Å²) in [6.07, 6.45) is -0.119. The number of benzene rings is 2. The van der Waals surface area contributed by atoms with Crippen molar-refractivity contribution in [2.75, 3.05) is 0 Å². The Balaban J connectivity index is 1.92. The van der Waals surface area contributed by atoms with E-state index in [0.717, 1.165) is 26.7 Å². The molecule has 0 aliphatic rings. The molecule has 0 spiro atoms. The van der Waals surface area contributed by atoms with Crippen LogP contribution in [0.4, 0.5) is 0 Å². The number of aliphatic hydroxyl groups excluding tert-OH is 1. The highest BCUT2D eigenvalue weighted by Gasteiger charge is 2.24. The minimum absolute atomic E-state index is 0.110.